The number of hydrogen-bond donors (Lipinski definition) is 0. The maximum atomic E-state index is 14.4. The maximum absolute atomic E-state index is 14.4. The fourth-order valence-electron chi connectivity index (χ4n) is 5.72. The molecule has 8 nitrogen and oxygen atoms in total. The highest BCUT2D eigenvalue weighted by Gasteiger charge is 2.35. The molecule has 6 rings (SSSR count). The molecule has 1 fully saturated rings. The van der Waals surface area contributed by atoms with Crippen LogP contribution in [0.3, 0.4) is 0 Å². The van der Waals surface area contributed by atoms with Gasteiger partial charge >= 0.3 is 11.9 Å². The summed E-state index contributed by atoms with van der Waals surface area (Å²) in [5, 5.41) is 2.20. The van der Waals surface area contributed by atoms with Gasteiger partial charge in [0.25, 0.3) is 5.56 Å². The zero-order valence-electron chi connectivity index (χ0n) is 25.2. The second kappa shape index (κ2) is 11.7. The smallest absolute Gasteiger partial charge is 0.341 e. The first-order valence-electron chi connectivity index (χ1n) is 14.5. The van der Waals surface area contributed by atoms with Crippen molar-refractivity contribution < 1.29 is 23.8 Å². The summed E-state index contributed by atoms with van der Waals surface area (Å²) in [5.41, 5.74) is 5.62. The molecule has 1 unspecified atom stereocenters. The van der Waals surface area contributed by atoms with Crippen LogP contribution in [0.4, 0.5) is 0 Å². The molecule has 0 saturated heterocycles. The molecule has 0 N–H and O–H groups in total. The van der Waals surface area contributed by atoms with Crippen LogP contribution in [0.1, 0.15) is 66.7 Å². The normalized spacial score (nSPS) is 16.0. The maximum Gasteiger partial charge on any atom is 0.341 e. The van der Waals surface area contributed by atoms with Crippen LogP contribution < -0.4 is 19.6 Å². The van der Waals surface area contributed by atoms with E-state index < -0.39 is 18.0 Å². The lowest BCUT2D eigenvalue weighted by atomic mass is 9.89. The molecule has 9 heteroatoms. The number of carbonyl (C=O) groups is 2. The minimum Gasteiger partial charge on any atom is -0.493 e. The van der Waals surface area contributed by atoms with Gasteiger partial charge in [0.2, 0.25) is 0 Å². The highest BCUT2D eigenvalue weighted by molar-refractivity contribution is 7.07. The Hall–Kier alpha value is -4.76. The van der Waals surface area contributed by atoms with Gasteiger partial charge in [0.1, 0.15) is 17.1 Å². The summed E-state index contributed by atoms with van der Waals surface area (Å²) in [6.07, 6.45) is 3.65. The van der Waals surface area contributed by atoms with E-state index in [1.807, 2.05) is 26.0 Å². The van der Waals surface area contributed by atoms with E-state index in [1.54, 1.807) is 22.8 Å². The molecule has 1 aliphatic heterocycles. The van der Waals surface area contributed by atoms with Crippen molar-refractivity contribution in [1.29, 1.82) is 0 Å². The predicted octanol–water partition coefficient (Wildman–Crippen LogP) is 5.49. The van der Waals surface area contributed by atoms with E-state index in [0.717, 1.165) is 51.8 Å². The van der Waals surface area contributed by atoms with Crippen LogP contribution in [0.15, 0.2) is 87.0 Å². The van der Waals surface area contributed by atoms with E-state index in [2.05, 4.69) is 31.2 Å². The van der Waals surface area contributed by atoms with Gasteiger partial charge in [-0.3, -0.25) is 14.2 Å². The summed E-state index contributed by atoms with van der Waals surface area (Å²) in [5.74, 6) is -0.308. The lowest BCUT2D eigenvalue weighted by Gasteiger charge is -2.28. The molecular weight excluding hydrogens is 576 g/mol. The highest BCUT2D eigenvalue weighted by atomic mass is 32.1. The largest absolute Gasteiger partial charge is 0.493 e. The third kappa shape index (κ3) is 5.28. The van der Waals surface area contributed by atoms with Gasteiger partial charge in [-0.05, 0) is 84.9 Å². The summed E-state index contributed by atoms with van der Waals surface area (Å²) >= 11 is 1.29. The SMILES string of the molecule is CCOC(=C1CC1)C1=C(C)N=c2s/c(=C\c3ccc(C(=O)OC)c(OC(C)=O)c3)c(=O)n2C1c1ccc(C)c2ccccc12. The van der Waals surface area contributed by atoms with Crippen LogP contribution >= 0.6 is 11.3 Å². The van der Waals surface area contributed by atoms with Gasteiger partial charge in [-0.25, -0.2) is 9.79 Å². The number of benzene rings is 3. The van der Waals surface area contributed by atoms with Crippen molar-refractivity contribution in [3.05, 3.63) is 119 Å². The van der Waals surface area contributed by atoms with Crippen LogP contribution in [0, 0.1) is 6.92 Å². The molecule has 224 valence electrons. The van der Waals surface area contributed by atoms with Crippen LogP contribution in [0.25, 0.3) is 16.8 Å². The molecule has 4 aromatic rings. The van der Waals surface area contributed by atoms with Gasteiger partial charge in [0, 0.05) is 18.2 Å². The number of ether oxygens (including phenoxy) is 3. The Bertz CT molecular complexity index is 2090. The average molecular weight is 609 g/mol. The third-order valence-corrected chi connectivity index (χ3v) is 8.79. The fourth-order valence-corrected chi connectivity index (χ4v) is 6.77. The molecule has 0 spiro atoms. The number of aromatic nitrogens is 1. The van der Waals surface area contributed by atoms with E-state index in [0.29, 0.717) is 21.5 Å². The average Bonchev–Trinajstić information content (AvgIpc) is 3.80. The predicted molar refractivity (Wildman–Crippen MR) is 169 cm³/mol. The van der Waals surface area contributed by atoms with Gasteiger partial charge in [-0.15, -0.1) is 0 Å². The Labute approximate surface area is 258 Å². The minimum atomic E-state index is -0.629. The first kappa shape index (κ1) is 29.3. The van der Waals surface area contributed by atoms with Crippen LogP contribution in [-0.4, -0.2) is 30.2 Å². The van der Waals surface area contributed by atoms with Crippen LogP contribution in [0.5, 0.6) is 5.75 Å². The number of nitrogens with zero attached hydrogens (tertiary/aromatic N) is 2. The quantitative estimate of drug-likeness (QED) is 0.156. The Kier molecular flexibility index (Phi) is 7.82. The zero-order valence-corrected chi connectivity index (χ0v) is 26.0. The number of allylic oxidation sites excluding steroid dienone is 3. The van der Waals surface area contributed by atoms with E-state index in [9.17, 15) is 14.4 Å². The molecule has 2 heterocycles. The van der Waals surface area contributed by atoms with Gasteiger partial charge in [-0.1, -0.05) is 53.8 Å². The summed E-state index contributed by atoms with van der Waals surface area (Å²) in [4.78, 5) is 43.9. The molecule has 1 atom stereocenters. The molecular formula is C35H32N2O6S. The number of aryl methyl sites for hydroxylation is 1. The van der Waals surface area contributed by atoms with E-state index >= 15 is 0 Å². The second-order valence-corrected chi connectivity index (χ2v) is 11.8. The topological polar surface area (TPSA) is 96.2 Å². The number of methoxy groups -OCH3 is 1. The summed E-state index contributed by atoms with van der Waals surface area (Å²) in [7, 11) is 1.26. The number of rotatable bonds is 7. The Balaban J connectivity index is 1.59. The summed E-state index contributed by atoms with van der Waals surface area (Å²) in [6, 6.07) is 16.8. The number of esters is 2. The summed E-state index contributed by atoms with van der Waals surface area (Å²) < 4.78 is 18.6. The van der Waals surface area contributed by atoms with Crippen LogP contribution in [-0.2, 0) is 14.3 Å². The molecule has 1 saturated carbocycles. The first-order chi connectivity index (χ1) is 21.2. The molecule has 0 amide bonds. The molecule has 1 aliphatic carbocycles. The van der Waals surface area contributed by atoms with Gasteiger partial charge in [0.05, 0.1) is 24.3 Å². The van der Waals surface area contributed by atoms with Crippen molar-refractivity contribution in [3.63, 3.8) is 0 Å². The molecule has 2 aliphatic rings. The van der Waals surface area contributed by atoms with Crippen molar-refractivity contribution in [2.75, 3.05) is 13.7 Å². The lowest BCUT2D eigenvalue weighted by Crippen LogP contribution is -2.38. The Morgan fingerprint density at radius 2 is 1.82 bits per heavy atom. The summed E-state index contributed by atoms with van der Waals surface area (Å²) in [6.45, 7) is 7.81. The van der Waals surface area contributed by atoms with Crippen LogP contribution in [0.2, 0.25) is 0 Å². The van der Waals surface area contributed by atoms with Gasteiger partial charge in [0.15, 0.2) is 4.80 Å². The van der Waals surface area contributed by atoms with Crippen molar-refractivity contribution >= 4 is 40.1 Å². The Morgan fingerprint density at radius 3 is 2.50 bits per heavy atom. The van der Waals surface area contributed by atoms with Crippen molar-refractivity contribution in [2.45, 2.75) is 46.6 Å². The third-order valence-electron chi connectivity index (χ3n) is 7.81. The lowest BCUT2D eigenvalue weighted by molar-refractivity contribution is -0.131. The minimum absolute atomic E-state index is 0.0606. The highest BCUT2D eigenvalue weighted by Crippen LogP contribution is 2.44. The van der Waals surface area contributed by atoms with E-state index in [-0.39, 0.29) is 16.9 Å². The van der Waals surface area contributed by atoms with Crippen molar-refractivity contribution in [1.82, 2.24) is 4.57 Å². The zero-order chi connectivity index (χ0) is 31.1. The Morgan fingerprint density at radius 1 is 1.07 bits per heavy atom. The number of hydrogen-bond acceptors (Lipinski definition) is 8. The van der Waals surface area contributed by atoms with Gasteiger partial charge in [-0.2, -0.15) is 0 Å². The molecule has 0 bridgehead atoms. The number of thiazole rings is 1. The van der Waals surface area contributed by atoms with Gasteiger partial charge < -0.3 is 14.2 Å². The number of fused-ring (bicyclic) bond motifs is 2. The fraction of sp³-hybridized carbons (Fsp3) is 0.257. The van der Waals surface area contributed by atoms with E-state index in [1.165, 1.54) is 37.0 Å². The molecule has 44 heavy (non-hydrogen) atoms. The molecule has 3 aromatic carbocycles. The van der Waals surface area contributed by atoms with Crippen molar-refractivity contribution in [3.8, 4) is 5.75 Å². The van der Waals surface area contributed by atoms with E-state index in [4.69, 9.17) is 19.2 Å². The molecule has 0 radical (unpaired) electrons. The monoisotopic (exact) mass is 608 g/mol. The standard InChI is InChI=1S/C35H32N2O6S/c1-6-42-32(23-13-14-23)30-20(3)36-35-37(31(30)26-15-11-19(2)24-9-7-8-10-25(24)26)33(39)29(44-35)18-22-12-16-27(34(40)41-5)28(17-22)43-21(4)38/h7-12,15-18,31H,6,13-14H2,1-5H3/b29-18-. The number of carbonyl (C=O) groups excluding carboxylic acids is 2. The first-order valence-corrected chi connectivity index (χ1v) is 15.3. The van der Waals surface area contributed by atoms with Crippen molar-refractivity contribution in [2.24, 2.45) is 4.99 Å². The second-order valence-electron chi connectivity index (χ2n) is 10.8. The molecule has 1 aromatic heterocycles.